The average Bonchev–Trinajstić information content (AvgIpc) is 2.58. The van der Waals surface area contributed by atoms with Gasteiger partial charge < -0.3 is 0 Å². The summed E-state index contributed by atoms with van der Waals surface area (Å²) in [5.74, 6) is -0.198. The van der Waals surface area contributed by atoms with Crippen LogP contribution in [0.2, 0.25) is 0 Å². The number of aromatic nitrogens is 1. The quantitative estimate of drug-likeness (QED) is 0.334. The number of hydrogen-bond donors (Lipinski definition) is 0. The number of halogens is 1. The first-order valence-electron chi connectivity index (χ1n) is 8.14. The van der Waals surface area contributed by atoms with Crippen molar-refractivity contribution in [3.8, 4) is 11.3 Å². The van der Waals surface area contributed by atoms with E-state index in [2.05, 4.69) is 67.9 Å². The van der Waals surface area contributed by atoms with E-state index in [0.717, 1.165) is 21.7 Å². The van der Waals surface area contributed by atoms with Gasteiger partial charge in [-0.3, -0.25) is 0 Å². The molecule has 2 heteroatoms. The predicted octanol–water partition coefficient (Wildman–Crippen LogP) is 5.24. The second-order valence-electron chi connectivity index (χ2n) is 6.39. The van der Waals surface area contributed by atoms with Gasteiger partial charge in [0, 0.05) is 17.7 Å². The number of nitrogens with zero attached hydrogens (tertiary/aromatic N) is 1. The van der Waals surface area contributed by atoms with Crippen molar-refractivity contribution in [2.24, 2.45) is 7.05 Å². The lowest BCUT2D eigenvalue weighted by atomic mass is 9.98. The summed E-state index contributed by atoms with van der Waals surface area (Å²) in [6.45, 7) is 4.29. The summed E-state index contributed by atoms with van der Waals surface area (Å²) >= 11 is 0. The van der Waals surface area contributed by atoms with E-state index < -0.39 is 0 Å². The fourth-order valence-corrected chi connectivity index (χ4v) is 3.47. The molecule has 0 N–H and O–H groups in total. The molecule has 0 aliphatic rings. The monoisotopic (exact) mass is 316 g/mol. The summed E-state index contributed by atoms with van der Waals surface area (Å²) in [7, 11) is 2.07. The summed E-state index contributed by atoms with van der Waals surface area (Å²) in [5.41, 5.74) is 6.08. The zero-order chi connectivity index (χ0) is 16.8. The minimum atomic E-state index is -0.198. The van der Waals surface area contributed by atoms with E-state index in [1.54, 1.807) is 6.07 Å². The Morgan fingerprint density at radius 1 is 0.833 bits per heavy atom. The molecule has 0 saturated carbocycles. The molecule has 0 saturated heterocycles. The van der Waals surface area contributed by atoms with Crippen LogP contribution in [-0.2, 0) is 7.05 Å². The highest BCUT2D eigenvalue weighted by Crippen LogP contribution is 2.28. The van der Waals surface area contributed by atoms with Gasteiger partial charge in [-0.1, -0.05) is 18.2 Å². The Balaban J connectivity index is 2.06. The third-order valence-electron chi connectivity index (χ3n) is 5.01. The van der Waals surface area contributed by atoms with Gasteiger partial charge in [-0.2, -0.15) is 4.57 Å². The summed E-state index contributed by atoms with van der Waals surface area (Å²) in [6, 6.07) is 19.8. The van der Waals surface area contributed by atoms with Crippen LogP contribution in [0.5, 0.6) is 0 Å². The molecule has 24 heavy (non-hydrogen) atoms. The van der Waals surface area contributed by atoms with Gasteiger partial charge in [-0.15, -0.1) is 0 Å². The van der Waals surface area contributed by atoms with Crippen LogP contribution in [-0.4, -0.2) is 0 Å². The SMILES string of the molecule is Cc1cccc(-c2ccc3c4cc(F)ccc4ccc3[n+]2C)c1C. The molecule has 0 atom stereocenters. The third kappa shape index (κ3) is 2.18. The lowest BCUT2D eigenvalue weighted by Gasteiger charge is -2.09. The Hall–Kier alpha value is -2.74. The molecule has 0 unspecified atom stereocenters. The number of fused-ring (bicyclic) bond motifs is 3. The van der Waals surface area contributed by atoms with Gasteiger partial charge >= 0.3 is 0 Å². The van der Waals surface area contributed by atoms with Crippen LogP contribution in [0.4, 0.5) is 4.39 Å². The van der Waals surface area contributed by atoms with Crippen molar-refractivity contribution in [1.82, 2.24) is 0 Å². The lowest BCUT2D eigenvalue weighted by Crippen LogP contribution is -2.32. The Kier molecular flexibility index (Phi) is 3.34. The van der Waals surface area contributed by atoms with Crippen LogP contribution in [0.1, 0.15) is 11.1 Å². The molecule has 0 spiro atoms. The first-order valence-corrected chi connectivity index (χ1v) is 8.14. The topological polar surface area (TPSA) is 3.88 Å². The van der Waals surface area contributed by atoms with Crippen LogP contribution < -0.4 is 4.57 Å². The van der Waals surface area contributed by atoms with E-state index in [1.165, 1.54) is 28.5 Å². The highest BCUT2D eigenvalue weighted by Gasteiger charge is 2.17. The van der Waals surface area contributed by atoms with Crippen molar-refractivity contribution in [3.05, 3.63) is 77.6 Å². The van der Waals surface area contributed by atoms with E-state index in [0.29, 0.717) is 0 Å². The van der Waals surface area contributed by atoms with Crippen LogP contribution >= 0.6 is 0 Å². The maximum Gasteiger partial charge on any atom is 0.213 e. The minimum absolute atomic E-state index is 0.198. The normalized spacial score (nSPS) is 11.3. The van der Waals surface area contributed by atoms with Gasteiger partial charge in [0.05, 0.1) is 5.39 Å². The molecule has 1 heterocycles. The molecule has 3 aromatic carbocycles. The Morgan fingerprint density at radius 2 is 1.62 bits per heavy atom. The van der Waals surface area contributed by atoms with Crippen LogP contribution in [0.3, 0.4) is 0 Å². The summed E-state index contributed by atoms with van der Waals surface area (Å²) in [5, 5.41) is 3.09. The van der Waals surface area contributed by atoms with Crippen molar-refractivity contribution in [1.29, 1.82) is 0 Å². The molecule has 0 fully saturated rings. The number of hydrogen-bond acceptors (Lipinski definition) is 0. The second-order valence-corrected chi connectivity index (χ2v) is 6.39. The van der Waals surface area contributed by atoms with Crippen molar-refractivity contribution in [2.75, 3.05) is 0 Å². The van der Waals surface area contributed by atoms with Crippen molar-refractivity contribution in [3.63, 3.8) is 0 Å². The molecule has 0 bridgehead atoms. The number of pyridine rings is 1. The van der Waals surface area contributed by atoms with E-state index in [4.69, 9.17) is 0 Å². The lowest BCUT2D eigenvalue weighted by molar-refractivity contribution is -0.633. The van der Waals surface area contributed by atoms with Crippen LogP contribution in [0.25, 0.3) is 32.9 Å². The first kappa shape index (κ1) is 14.8. The highest BCUT2D eigenvalue weighted by atomic mass is 19.1. The first-order chi connectivity index (χ1) is 11.6. The zero-order valence-electron chi connectivity index (χ0n) is 14.1. The average molecular weight is 316 g/mol. The molecule has 0 aliphatic carbocycles. The van der Waals surface area contributed by atoms with Crippen molar-refractivity contribution < 1.29 is 8.96 Å². The van der Waals surface area contributed by atoms with Crippen molar-refractivity contribution >= 4 is 21.7 Å². The maximum atomic E-state index is 13.7. The summed E-state index contributed by atoms with van der Waals surface area (Å²) < 4.78 is 15.9. The number of benzene rings is 3. The predicted molar refractivity (Wildman–Crippen MR) is 97.5 cm³/mol. The van der Waals surface area contributed by atoms with Crippen LogP contribution in [0, 0.1) is 19.7 Å². The molecule has 4 aromatic rings. The van der Waals surface area contributed by atoms with Gasteiger partial charge in [0.25, 0.3) is 0 Å². The smallest absolute Gasteiger partial charge is 0.207 e. The molecular weight excluding hydrogens is 297 g/mol. The zero-order valence-corrected chi connectivity index (χ0v) is 14.1. The fraction of sp³-hybridized carbons (Fsp3) is 0.136. The van der Waals surface area contributed by atoms with Gasteiger partial charge in [0.2, 0.25) is 11.2 Å². The summed E-state index contributed by atoms with van der Waals surface area (Å²) in [6.07, 6.45) is 0. The van der Waals surface area contributed by atoms with Gasteiger partial charge in [-0.25, -0.2) is 4.39 Å². The fourth-order valence-electron chi connectivity index (χ4n) is 3.47. The van der Waals surface area contributed by atoms with E-state index in [1.807, 2.05) is 6.07 Å². The Morgan fingerprint density at radius 3 is 2.46 bits per heavy atom. The maximum absolute atomic E-state index is 13.7. The molecule has 0 radical (unpaired) electrons. The van der Waals surface area contributed by atoms with E-state index in [9.17, 15) is 4.39 Å². The number of aryl methyl sites for hydroxylation is 2. The number of rotatable bonds is 1. The molecule has 1 nitrogen and oxygen atoms in total. The summed E-state index contributed by atoms with van der Waals surface area (Å²) in [4.78, 5) is 0. The van der Waals surface area contributed by atoms with Crippen molar-refractivity contribution in [2.45, 2.75) is 13.8 Å². The molecular formula is C22H19FN+. The molecule has 118 valence electrons. The molecule has 4 rings (SSSR count). The second kappa shape index (κ2) is 5.41. The third-order valence-corrected chi connectivity index (χ3v) is 5.01. The van der Waals surface area contributed by atoms with E-state index >= 15 is 0 Å². The minimum Gasteiger partial charge on any atom is -0.207 e. The Bertz CT molecular complexity index is 1100. The molecule has 0 amide bonds. The molecule has 0 aliphatic heterocycles. The standard InChI is InChI=1S/C22H19FN/c1-14-5-4-6-18(15(14)2)21-12-10-19-20-13-17(23)9-7-16(20)8-11-22(19)24(21)3/h4-13H,1-3H3/q+1. The Labute approximate surface area is 141 Å². The van der Waals surface area contributed by atoms with Gasteiger partial charge in [0.1, 0.15) is 12.9 Å². The van der Waals surface area contributed by atoms with Gasteiger partial charge in [0.15, 0.2) is 0 Å². The molecule has 1 aromatic heterocycles. The van der Waals surface area contributed by atoms with Crippen LogP contribution in [0.15, 0.2) is 60.7 Å². The van der Waals surface area contributed by atoms with Gasteiger partial charge in [-0.05, 0) is 66.1 Å². The van der Waals surface area contributed by atoms with E-state index in [-0.39, 0.29) is 5.82 Å². The largest absolute Gasteiger partial charge is 0.213 e. The highest BCUT2D eigenvalue weighted by molar-refractivity contribution is 6.05.